The van der Waals surface area contributed by atoms with Gasteiger partial charge >= 0.3 is 0 Å². The maximum Gasteiger partial charge on any atom is 0.257 e. The number of aromatic nitrogens is 2. The van der Waals surface area contributed by atoms with Crippen LogP contribution in [0.2, 0.25) is 0 Å². The number of hydrogen-bond acceptors (Lipinski definition) is 6. The number of anilines is 2. The first-order valence-corrected chi connectivity index (χ1v) is 5.69. The number of rotatable bonds is 3. The van der Waals surface area contributed by atoms with Crippen LogP contribution in [0, 0.1) is 6.92 Å². The molecule has 0 unspecified atom stereocenters. The average molecular weight is 249 g/mol. The van der Waals surface area contributed by atoms with Crippen LogP contribution in [0.5, 0.6) is 0 Å². The Kier molecular flexibility index (Phi) is 3.31. The van der Waals surface area contributed by atoms with Crippen molar-refractivity contribution in [3.8, 4) is 0 Å². The number of benzene rings is 1. The van der Waals surface area contributed by atoms with E-state index in [0.29, 0.717) is 10.7 Å². The van der Waals surface area contributed by atoms with Crippen LogP contribution in [0.3, 0.4) is 0 Å². The van der Waals surface area contributed by atoms with E-state index in [2.05, 4.69) is 20.9 Å². The van der Waals surface area contributed by atoms with E-state index in [1.54, 1.807) is 24.3 Å². The number of nitrogens with two attached hydrogens (primary N) is 1. The summed E-state index contributed by atoms with van der Waals surface area (Å²) in [6.45, 7) is 1.83. The van der Waals surface area contributed by atoms with E-state index in [0.717, 1.165) is 10.7 Å². The van der Waals surface area contributed by atoms with E-state index in [1.165, 1.54) is 11.3 Å². The van der Waals surface area contributed by atoms with Gasteiger partial charge in [-0.3, -0.25) is 16.0 Å². The minimum absolute atomic E-state index is 0.218. The van der Waals surface area contributed by atoms with E-state index in [1.807, 2.05) is 6.92 Å². The van der Waals surface area contributed by atoms with Crippen molar-refractivity contribution in [1.82, 2.24) is 10.2 Å². The summed E-state index contributed by atoms with van der Waals surface area (Å²) >= 11 is 1.33. The molecule has 0 spiro atoms. The van der Waals surface area contributed by atoms with E-state index >= 15 is 0 Å². The second kappa shape index (κ2) is 4.89. The quantitative estimate of drug-likeness (QED) is 0.564. The normalized spacial score (nSPS) is 10.0. The van der Waals surface area contributed by atoms with Gasteiger partial charge in [0.25, 0.3) is 5.91 Å². The topological polar surface area (TPSA) is 92.9 Å². The van der Waals surface area contributed by atoms with Gasteiger partial charge in [0, 0.05) is 11.3 Å². The molecule has 0 saturated heterocycles. The summed E-state index contributed by atoms with van der Waals surface area (Å²) in [5, 5.41) is 11.6. The molecule has 0 radical (unpaired) electrons. The summed E-state index contributed by atoms with van der Waals surface area (Å²) in [7, 11) is 0. The van der Waals surface area contributed by atoms with E-state index in [9.17, 15) is 4.79 Å². The summed E-state index contributed by atoms with van der Waals surface area (Å²) in [5.74, 6) is 5.02. The molecule has 2 aromatic rings. The predicted molar refractivity (Wildman–Crippen MR) is 66.9 cm³/mol. The molecule has 7 heteroatoms. The number of nitrogen functional groups attached to an aromatic ring is 1. The highest BCUT2D eigenvalue weighted by Crippen LogP contribution is 2.15. The summed E-state index contributed by atoms with van der Waals surface area (Å²) in [6.07, 6.45) is 0. The van der Waals surface area contributed by atoms with Crippen molar-refractivity contribution in [2.45, 2.75) is 6.92 Å². The Morgan fingerprint density at radius 2 is 2.00 bits per heavy atom. The maximum absolute atomic E-state index is 11.8. The highest BCUT2D eigenvalue weighted by Gasteiger charge is 2.08. The fraction of sp³-hybridized carbons (Fsp3) is 0.100. The van der Waals surface area contributed by atoms with Crippen LogP contribution in [-0.2, 0) is 0 Å². The molecule has 0 atom stereocenters. The fourth-order valence-corrected chi connectivity index (χ4v) is 1.82. The first-order valence-electron chi connectivity index (χ1n) is 4.87. The van der Waals surface area contributed by atoms with Gasteiger partial charge in [-0.25, -0.2) is 0 Å². The third-order valence-electron chi connectivity index (χ3n) is 2.06. The van der Waals surface area contributed by atoms with Crippen LogP contribution < -0.4 is 16.6 Å². The Bertz CT molecular complexity index is 522. The molecular formula is C10H11N5OS. The molecule has 88 valence electrons. The minimum Gasteiger partial charge on any atom is -0.324 e. The van der Waals surface area contributed by atoms with Crippen LogP contribution in [-0.4, -0.2) is 16.1 Å². The molecule has 6 nitrogen and oxygen atoms in total. The Labute approximate surface area is 102 Å². The van der Waals surface area contributed by atoms with Crippen LogP contribution in [0.1, 0.15) is 15.4 Å². The van der Waals surface area contributed by atoms with Crippen molar-refractivity contribution in [3.63, 3.8) is 0 Å². The molecule has 0 aliphatic heterocycles. The second-order valence-electron chi connectivity index (χ2n) is 3.30. The van der Waals surface area contributed by atoms with Gasteiger partial charge in [-0.2, -0.15) is 0 Å². The number of hydrogen-bond donors (Lipinski definition) is 3. The van der Waals surface area contributed by atoms with Crippen LogP contribution in [0.4, 0.5) is 10.8 Å². The SMILES string of the molecule is Cc1nnc(NC(=O)c2ccc(NN)cc2)s1. The number of carbonyl (C=O) groups is 1. The van der Waals surface area contributed by atoms with Crippen LogP contribution in [0.25, 0.3) is 0 Å². The minimum atomic E-state index is -0.218. The molecule has 0 bridgehead atoms. The summed E-state index contributed by atoms with van der Waals surface area (Å²) in [6, 6.07) is 6.80. The van der Waals surface area contributed by atoms with Gasteiger partial charge in [-0.1, -0.05) is 11.3 Å². The summed E-state index contributed by atoms with van der Waals surface area (Å²) < 4.78 is 0. The number of nitrogens with zero attached hydrogens (tertiary/aromatic N) is 2. The van der Waals surface area contributed by atoms with E-state index in [-0.39, 0.29) is 5.91 Å². The van der Waals surface area contributed by atoms with Crippen LogP contribution >= 0.6 is 11.3 Å². The van der Waals surface area contributed by atoms with E-state index < -0.39 is 0 Å². The molecule has 0 saturated carbocycles. The van der Waals surface area contributed by atoms with Gasteiger partial charge in [-0.05, 0) is 31.2 Å². The number of nitrogens with one attached hydrogen (secondary N) is 2. The highest BCUT2D eigenvalue weighted by atomic mass is 32.1. The molecule has 2 rings (SSSR count). The molecule has 0 fully saturated rings. The Hall–Kier alpha value is -1.99. The van der Waals surface area contributed by atoms with Gasteiger partial charge in [0.15, 0.2) is 0 Å². The third-order valence-corrected chi connectivity index (χ3v) is 2.81. The molecule has 1 aromatic heterocycles. The monoisotopic (exact) mass is 249 g/mol. The predicted octanol–water partition coefficient (Wildman–Crippen LogP) is 1.38. The van der Waals surface area contributed by atoms with Crippen molar-refractivity contribution in [2.24, 2.45) is 5.84 Å². The van der Waals surface area contributed by atoms with Gasteiger partial charge in [0.2, 0.25) is 5.13 Å². The van der Waals surface area contributed by atoms with Gasteiger partial charge in [-0.15, -0.1) is 10.2 Å². The van der Waals surface area contributed by atoms with Crippen molar-refractivity contribution in [1.29, 1.82) is 0 Å². The van der Waals surface area contributed by atoms with Gasteiger partial charge < -0.3 is 5.43 Å². The zero-order valence-corrected chi connectivity index (χ0v) is 9.91. The highest BCUT2D eigenvalue weighted by molar-refractivity contribution is 7.15. The molecule has 17 heavy (non-hydrogen) atoms. The second-order valence-corrected chi connectivity index (χ2v) is 4.48. The fourth-order valence-electron chi connectivity index (χ4n) is 1.23. The van der Waals surface area contributed by atoms with Gasteiger partial charge in [0.1, 0.15) is 5.01 Å². The van der Waals surface area contributed by atoms with Crippen LogP contribution in [0.15, 0.2) is 24.3 Å². The van der Waals surface area contributed by atoms with Crippen molar-refractivity contribution in [3.05, 3.63) is 34.8 Å². The molecule has 1 aromatic carbocycles. The average Bonchev–Trinajstić information content (AvgIpc) is 2.75. The number of aryl methyl sites for hydroxylation is 1. The van der Waals surface area contributed by atoms with Crippen molar-refractivity contribution < 1.29 is 4.79 Å². The molecule has 0 aliphatic rings. The largest absolute Gasteiger partial charge is 0.324 e. The lowest BCUT2D eigenvalue weighted by Gasteiger charge is -2.02. The zero-order valence-electron chi connectivity index (χ0n) is 9.10. The first kappa shape index (κ1) is 11.5. The zero-order chi connectivity index (χ0) is 12.3. The Balaban J connectivity index is 2.09. The number of amides is 1. The smallest absolute Gasteiger partial charge is 0.257 e. The van der Waals surface area contributed by atoms with Crippen molar-refractivity contribution in [2.75, 3.05) is 10.7 Å². The van der Waals surface area contributed by atoms with Gasteiger partial charge in [0.05, 0.1) is 0 Å². The lowest BCUT2D eigenvalue weighted by molar-refractivity contribution is 0.102. The van der Waals surface area contributed by atoms with E-state index in [4.69, 9.17) is 5.84 Å². The lowest BCUT2D eigenvalue weighted by atomic mass is 10.2. The Morgan fingerprint density at radius 3 is 2.53 bits per heavy atom. The molecular weight excluding hydrogens is 238 g/mol. The van der Waals surface area contributed by atoms with Crippen molar-refractivity contribution >= 4 is 28.1 Å². The molecule has 1 heterocycles. The summed E-state index contributed by atoms with van der Waals surface area (Å²) in [5.41, 5.74) is 3.78. The maximum atomic E-state index is 11.8. The number of carbonyl (C=O) groups excluding carboxylic acids is 1. The molecule has 1 amide bonds. The molecule has 4 N–H and O–H groups in total. The standard InChI is InChI=1S/C10H11N5OS/c1-6-14-15-10(17-6)12-9(16)7-2-4-8(13-11)5-3-7/h2-5,13H,11H2,1H3,(H,12,15,16). The number of hydrazine groups is 1. The summed E-state index contributed by atoms with van der Waals surface area (Å²) in [4.78, 5) is 11.8. The molecule has 0 aliphatic carbocycles. The Morgan fingerprint density at radius 1 is 1.29 bits per heavy atom. The lowest BCUT2D eigenvalue weighted by Crippen LogP contribution is -2.12. The first-order chi connectivity index (χ1) is 8.19. The third kappa shape index (κ3) is 2.77.